The Morgan fingerprint density at radius 1 is 1.33 bits per heavy atom. The number of nitrogens with one attached hydrogen (secondary N) is 1. The Kier molecular flexibility index (Phi) is 3.18. The second-order valence-corrected chi connectivity index (χ2v) is 6.28. The van der Waals surface area contributed by atoms with Gasteiger partial charge in [0.05, 0.1) is 0 Å². The third kappa shape index (κ3) is 2.33. The summed E-state index contributed by atoms with van der Waals surface area (Å²) < 4.78 is 0. The van der Waals surface area contributed by atoms with Gasteiger partial charge in [0.2, 0.25) is 0 Å². The van der Waals surface area contributed by atoms with Crippen molar-refractivity contribution in [1.82, 2.24) is 9.97 Å². The van der Waals surface area contributed by atoms with Crippen molar-refractivity contribution in [3.63, 3.8) is 0 Å². The number of fused-ring (bicyclic) bond motifs is 2. The number of hydrogen-bond donors (Lipinski definition) is 1. The number of halogens is 1. The maximum Gasteiger partial charge on any atom is 0.134 e. The lowest BCUT2D eigenvalue weighted by atomic mass is 9.84. The first kappa shape index (κ1) is 12.2. The largest absolute Gasteiger partial charge is 0.367 e. The van der Waals surface area contributed by atoms with Crippen molar-refractivity contribution in [2.24, 2.45) is 17.8 Å². The molecule has 0 aliphatic heterocycles. The normalized spacial score (nSPS) is 31.6. The first-order chi connectivity index (χ1) is 8.61. The van der Waals surface area contributed by atoms with E-state index in [4.69, 9.17) is 11.6 Å². The van der Waals surface area contributed by atoms with Gasteiger partial charge in [-0.1, -0.05) is 18.0 Å². The van der Waals surface area contributed by atoms with Gasteiger partial charge in [-0.25, -0.2) is 9.97 Å². The minimum atomic E-state index is 0.477. The van der Waals surface area contributed by atoms with Crippen LogP contribution in [0.4, 0.5) is 5.82 Å². The molecule has 1 aromatic heterocycles. The monoisotopic (exact) mass is 265 g/mol. The van der Waals surface area contributed by atoms with Crippen LogP contribution in [0.25, 0.3) is 0 Å². The van der Waals surface area contributed by atoms with E-state index in [1.807, 2.05) is 13.0 Å². The summed E-state index contributed by atoms with van der Waals surface area (Å²) in [4.78, 5) is 8.49. The molecule has 0 unspecified atom stereocenters. The lowest BCUT2D eigenvalue weighted by Gasteiger charge is -2.28. The van der Waals surface area contributed by atoms with Gasteiger partial charge in [-0.15, -0.1) is 0 Å². The quantitative estimate of drug-likeness (QED) is 0.848. The predicted octanol–water partition coefficient (Wildman–Crippen LogP) is 3.68. The van der Waals surface area contributed by atoms with Crippen LogP contribution in [0.3, 0.4) is 0 Å². The summed E-state index contributed by atoms with van der Waals surface area (Å²) in [6.07, 6.45) is 5.70. The average Bonchev–Trinajstić information content (AvgIpc) is 2.88. The molecular formula is C14H20ClN3. The maximum absolute atomic E-state index is 5.97. The van der Waals surface area contributed by atoms with Gasteiger partial charge in [0, 0.05) is 12.1 Å². The highest BCUT2D eigenvalue weighted by atomic mass is 35.5. The zero-order valence-electron chi connectivity index (χ0n) is 11.0. The topological polar surface area (TPSA) is 37.8 Å². The number of aryl methyl sites for hydroxylation is 1. The summed E-state index contributed by atoms with van der Waals surface area (Å²) in [6.45, 7) is 4.15. The highest BCUT2D eigenvalue weighted by Gasteiger charge is 2.41. The van der Waals surface area contributed by atoms with Gasteiger partial charge in [0.25, 0.3) is 0 Å². The molecule has 2 saturated carbocycles. The van der Waals surface area contributed by atoms with Crippen LogP contribution in [0.15, 0.2) is 6.07 Å². The van der Waals surface area contributed by atoms with E-state index in [1.165, 1.54) is 25.7 Å². The van der Waals surface area contributed by atoms with Crippen molar-refractivity contribution in [2.45, 2.75) is 45.6 Å². The molecule has 3 nitrogen and oxygen atoms in total. The molecule has 2 aliphatic carbocycles. The molecule has 0 radical (unpaired) electrons. The minimum absolute atomic E-state index is 0.477. The molecule has 2 fully saturated rings. The predicted molar refractivity (Wildman–Crippen MR) is 73.8 cm³/mol. The van der Waals surface area contributed by atoms with Gasteiger partial charge in [-0.05, 0) is 50.9 Å². The molecule has 0 amide bonds. The maximum atomic E-state index is 5.97. The van der Waals surface area contributed by atoms with E-state index >= 15 is 0 Å². The SMILES string of the molecule is Cc1nc(Cl)cc(N[C@@H](C)[C@@H]2C[C@H]3CC[C@H]2C3)n1. The molecule has 3 rings (SSSR count). The van der Waals surface area contributed by atoms with Crippen molar-refractivity contribution < 1.29 is 0 Å². The summed E-state index contributed by atoms with van der Waals surface area (Å²) in [6, 6.07) is 2.30. The van der Waals surface area contributed by atoms with Gasteiger partial charge in [-0.3, -0.25) is 0 Å². The van der Waals surface area contributed by atoms with Crippen LogP contribution in [-0.2, 0) is 0 Å². The average molecular weight is 266 g/mol. The zero-order chi connectivity index (χ0) is 12.7. The number of hydrogen-bond acceptors (Lipinski definition) is 3. The van der Waals surface area contributed by atoms with Gasteiger partial charge in [-0.2, -0.15) is 0 Å². The molecule has 2 bridgehead atoms. The first-order valence-corrected chi connectivity index (χ1v) is 7.27. The Hall–Kier alpha value is -0.830. The van der Waals surface area contributed by atoms with E-state index < -0.39 is 0 Å². The first-order valence-electron chi connectivity index (χ1n) is 6.89. The molecule has 2 aliphatic rings. The van der Waals surface area contributed by atoms with Crippen molar-refractivity contribution in [3.05, 3.63) is 17.0 Å². The molecule has 1 aromatic rings. The Morgan fingerprint density at radius 3 is 2.78 bits per heavy atom. The molecule has 4 heteroatoms. The van der Waals surface area contributed by atoms with Crippen LogP contribution in [0.2, 0.25) is 5.15 Å². The summed E-state index contributed by atoms with van der Waals surface area (Å²) >= 11 is 5.97. The molecule has 98 valence electrons. The molecular weight excluding hydrogens is 246 g/mol. The number of rotatable bonds is 3. The second kappa shape index (κ2) is 4.69. The minimum Gasteiger partial charge on any atom is -0.367 e. The van der Waals surface area contributed by atoms with Gasteiger partial charge >= 0.3 is 0 Å². The number of anilines is 1. The zero-order valence-corrected chi connectivity index (χ0v) is 11.7. The summed E-state index contributed by atoms with van der Waals surface area (Å²) in [5.74, 6) is 4.31. The van der Waals surface area contributed by atoms with Gasteiger partial charge in [0.1, 0.15) is 16.8 Å². The van der Waals surface area contributed by atoms with Gasteiger partial charge in [0.15, 0.2) is 0 Å². The fourth-order valence-electron chi connectivity index (χ4n) is 3.85. The highest BCUT2D eigenvalue weighted by molar-refractivity contribution is 6.29. The summed E-state index contributed by atoms with van der Waals surface area (Å²) in [5.41, 5.74) is 0. The van der Waals surface area contributed by atoms with Crippen molar-refractivity contribution in [1.29, 1.82) is 0 Å². The summed E-state index contributed by atoms with van der Waals surface area (Å²) in [5, 5.41) is 4.03. The Balaban J connectivity index is 1.68. The van der Waals surface area contributed by atoms with Crippen LogP contribution in [0, 0.1) is 24.7 Å². The molecule has 0 saturated heterocycles. The van der Waals surface area contributed by atoms with Crippen molar-refractivity contribution in [3.8, 4) is 0 Å². The van der Waals surface area contributed by atoms with Crippen LogP contribution in [0.1, 0.15) is 38.4 Å². The third-order valence-corrected chi connectivity index (χ3v) is 4.81. The van der Waals surface area contributed by atoms with Crippen LogP contribution >= 0.6 is 11.6 Å². The molecule has 0 spiro atoms. The standard InChI is InChI=1S/C14H20ClN3/c1-8(12-6-10-3-4-11(12)5-10)16-14-7-13(15)17-9(2)18-14/h7-8,10-12H,3-6H2,1-2H3,(H,16,17,18)/t8-,10-,11-,12-/m0/s1. The van der Waals surface area contributed by atoms with Gasteiger partial charge < -0.3 is 5.32 Å². The summed E-state index contributed by atoms with van der Waals surface area (Å²) in [7, 11) is 0. The molecule has 18 heavy (non-hydrogen) atoms. The molecule has 1 N–H and O–H groups in total. The molecule has 4 atom stereocenters. The lowest BCUT2D eigenvalue weighted by molar-refractivity contribution is 0.304. The van der Waals surface area contributed by atoms with Crippen LogP contribution < -0.4 is 5.32 Å². The van der Waals surface area contributed by atoms with Crippen LogP contribution in [-0.4, -0.2) is 16.0 Å². The fourth-order valence-corrected chi connectivity index (χ4v) is 4.08. The van der Waals surface area contributed by atoms with E-state index in [9.17, 15) is 0 Å². The Morgan fingerprint density at radius 2 is 2.17 bits per heavy atom. The molecule has 0 aromatic carbocycles. The molecule has 1 heterocycles. The lowest BCUT2D eigenvalue weighted by Crippen LogP contribution is -2.30. The number of aromatic nitrogens is 2. The van der Waals surface area contributed by atoms with E-state index in [0.717, 1.165) is 29.4 Å². The van der Waals surface area contributed by atoms with Crippen LogP contribution in [0.5, 0.6) is 0 Å². The van der Waals surface area contributed by atoms with Crippen molar-refractivity contribution >= 4 is 17.4 Å². The third-order valence-electron chi connectivity index (χ3n) is 4.62. The van der Waals surface area contributed by atoms with E-state index in [-0.39, 0.29) is 0 Å². The van der Waals surface area contributed by atoms with E-state index in [0.29, 0.717) is 11.2 Å². The Labute approximate surface area is 113 Å². The fraction of sp³-hybridized carbons (Fsp3) is 0.714. The highest BCUT2D eigenvalue weighted by Crippen LogP contribution is 2.49. The van der Waals surface area contributed by atoms with E-state index in [2.05, 4.69) is 22.2 Å². The Bertz CT molecular complexity index is 428. The number of nitrogens with zero attached hydrogens (tertiary/aromatic N) is 2. The van der Waals surface area contributed by atoms with Crippen molar-refractivity contribution in [2.75, 3.05) is 5.32 Å². The smallest absolute Gasteiger partial charge is 0.134 e. The second-order valence-electron chi connectivity index (χ2n) is 5.89. The van der Waals surface area contributed by atoms with E-state index in [1.54, 1.807) is 0 Å².